The number of anilines is 1. The number of urea groups is 1. The third-order valence-corrected chi connectivity index (χ3v) is 9.76. The van der Waals surface area contributed by atoms with Crippen molar-refractivity contribution in [1.29, 1.82) is 0 Å². The molecule has 2 saturated carbocycles. The van der Waals surface area contributed by atoms with Crippen LogP contribution in [0.4, 0.5) is 10.5 Å². The number of nitrogens with one attached hydrogen (secondary N) is 2. The first-order chi connectivity index (χ1) is 21.5. The summed E-state index contributed by atoms with van der Waals surface area (Å²) < 4.78 is 11.8. The number of hydrogen-bond donors (Lipinski definition) is 2. The van der Waals surface area contributed by atoms with Crippen LogP contribution in [0.2, 0.25) is 0 Å². The highest BCUT2D eigenvalue weighted by atomic mass is 16.5. The second-order valence-corrected chi connectivity index (χ2v) is 12.9. The average Bonchev–Trinajstić information content (AvgIpc) is 3.97. The summed E-state index contributed by atoms with van der Waals surface area (Å²) in [5.41, 5.74) is 8.16. The van der Waals surface area contributed by atoms with Gasteiger partial charge in [0.25, 0.3) is 0 Å². The minimum Gasteiger partial charge on any atom is -0.493 e. The van der Waals surface area contributed by atoms with Crippen LogP contribution in [-0.2, 0) is 6.54 Å². The minimum atomic E-state index is -0.131. The molecule has 4 aromatic rings. The number of aromatic nitrogens is 1. The lowest BCUT2D eigenvalue weighted by molar-refractivity contribution is 0.247. The molecule has 3 fully saturated rings. The molecule has 3 aromatic carbocycles. The van der Waals surface area contributed by atoms with Gasteiger partial charge < -0.3 is 20.1 Å². The topological polar surface area (TPSA) is 75.7 Å². The molecule has 3 aliphatic rings. The van der Waals surface area contributed by atoms with E-state index in [4.69, 9.17) is 9.47 Å². The minimum absolute atomic E-state index is 0.131. The molecule has 2 N–H and O–H groups in total. The zero-order valence-electron chi connectivity index (χ0n) is 25.9. The van der Waals surface area contributed by atoms with E-state index in [1.807, 2.05) is 18.3 Å². The van der Waals surface area contributed by atoms with Crippen LogP contribution in [0.15, 0.2) is 66.9 Å². The van der Waals surface area contributed by atoms with Gasteiger partial charge in [0.1, 0.15) is 0 Å². The Morgan fingerprint density at radius 2 is 1.77 bits per heavy atom. The first-order valence-electron chi connectivity index (χ1n) is 16.0. The standard InChI is InChI=1S/C37H42N4O3/c1-23-24(2)33(40-37(42)39-27-14-16-41(21-27)20-25-7-5-4-6-8-25)12-11-28(23)30-17-31(30)29-13-15-38-34-19-36(44-22-26-9-10-26)35(43-3)18-32(29)34/h4-8,11-13,15,18-19,26-27,30-31H,9-10,14,16-17,20-22H2,1-3H3,(H2,39,40,42). The van der Waals surface area contributed by atoms with Crippen LogP contribution in [0.25, 0.3) is 10.9 Å². The number of benzene rings is 3. The summed E-state index contributed by atoms with van der Waals surface area (Å²) in [6, 6.07) is 21.1. The lowest BCUT2D eigenvalue weighted by atomic mass is 9.95. The van der Waals surface area contributed by atoms with Crippen molar-refractivity contribution in [1.82, 2.24) is 15.2 Å². The average molecular weight is 591 g/mol. The fraction of sp³-hybridized carbons (Fsp3) is 0.405. The Bertz CT molecular complexity index is 1670. The van der Waals surface area contributed by atoms with E-state index in [-0.39, 0.29) is 12.1 Å². The molecule has 0 spiro atoms. The van der Waals surface area contributed by atoms with Gasteiger partial charge in [0.15, 0.2) is 11.5 Å². The number of hydrogen-bond acceptors (Lipinski definition) is 5. The highest BCUT2D eigenvalue weighted by Gasteiger charge is 2.41. The Hall–Kier alpha value is -4.10. The molecule has 7 rings (SSSR count). The molecule has 3 atom stereocenters. The molecule has 1 saturated heterocycles. The lowest BCUT2D eigenvalue weighted by Gasteiger charge is -2.18. The lowest BCUT2D eigenvalue weighted by Crippen LogP contribution is -2.39. The number of nitrogens with zero attached hydrogens (tertiary/aromatic N) is 2. The van der Waals surface area contributed by atoms with Crippen molar-refractivity contribution in [2.24, 2.45) is 5.92 Å². The summed E-state index contributed by atoms with van der Waals surface area (Å²) in [5.74, 6) is 3.08. The summed E-state index contributed by atoms with van der Waals surface area (Å²) in [7, 11) is 1.71. The number of fused-ring (bicyclic) bond motifs is 1. The van der Waals surface area contributed by atoms with Crippen molar-refractivity contribution in [3.05, 3.63) is 94.7 Å². The number of pyridine rings is 1. The zero-order chi connectivity index (χ0) is 30.2. The first-order valence-corrected chi connectivity index (χ1v) is 16.0. The molecule has 1 aliphatic heterocycles. The van der Waals surface area contributed by atoms with Crippen LogP contribution in [0.1, 0.15) is 65.3 Å². The summed E-state index contributed by atoms with van der Waals surface area (Å²) in [6.07, 6.45) is 6.47. The number of amides is 2. The van der Waals surface area contributed by atoms with Crippen LogP contribution in [0, 0.1) is 19.8 Å². The zero-order valence-corrected chi connectivity index (χ0v) is 25.9. The van der Waals surface area contributed by atoms with E-state index in [0.29, 0.717) is 17.8 Å². The molecule has 7 heteroatoms. The molecule has 3 unspecified atom stereocenters. The van der Waals surface area contributed by atoms with Gasteiger partial charge in [-0.1, -0.05) is 36.4 Å². The number of carbonyl (C=O) groups is 1. The molecule has 1 aromatic heterocycles. The monoisotopic (exact) mass is 590 g/mol. The predicted octanol–water partition coefficient (Wildman–Crippen LogP) is 7.32. The number of carbonyl (C=O) groups excluding carboxylic acids is 1. The number of ether oxygens (including phenoxy) is 2. The summed E-state index contributed by atoms with van der Waals surface area (Å²) in [5, 5.41) is 7.46. The van der Waals surface area contributed by atoms with Crippen molar-refractivity contribution in [3.8, 4) is 11.5 Å². The fourth-order valence-corrected chi connectivity index (χ4v) is 6.80. The maximum atomic E-state index is 13.0. The SMILES string of the molecule is COc1cc2c(C3CC3c3ccc(NC(=O)NC4CCN(Cc5ccccc5)C4)c(C)c3C)ccnc2cc1OCC1CC1. The van der Waals surface area contributed by atoms with Gasteiger partial charge in [-0.2, -0.15) is 0 Å². The van der Waals surface area contributed by atoms with E-state index in [2.05, 4.69) is 82.9 Å². The molecule has 2 amide bonds. The van der Waals surface area contributed by atoms with Crippen molar-refractivity contribution >= 4 is 22.6 Å². The summed E-state index contributed by atoms with van der Waals surface area (Å²) in [6.45, 7) is 7.81. The molecular weight excluding hydrogens is 548 g/mol. The van der Waals surface area contributed by atoms with E-state index >= 15 is 0 Å². The number of likely N-dealkylation sites (tertiary alicyclic amines) is 1. The third-order valence-electron chi connectivity index (χ3n) is 9.76. The number of rotatable bonds is 10. The largest absolute Gasteiger partial charge is 0.493 e. The van der Waals surface area contributed by atoms with Crippen molar-refractivity contribution in [2.45, 2.75) is 64.0 Å². The Balaban J connectivity index is 1.00. The van der Waals surface area contributed by atoms with Gasteiger partial charge in [-0.15, -0.1) is 0 Å². The molecule has 2 heterocycles. The Kier molecular flexibility index (Phi) is 7.89. The van der Waals surface area contributed by atoms with Crippen molar-refractivity contribution < 1.29 is 14.3 Å². The van der Waals surface area contributed by atoms with Gasteiger partial charge in [0, 0.05) is 49.0 Å². The number of methoxy groups -OCH3 is 1. The first kappa shape index (κ1) is 28.7. The fourth-order valence-electron chi connectivity index (χ4n) is 6.80. The van der Waals surface area contributed by atoms with E-state index in [1.54, 1.807) is 7.11 Å². The summed E-state index contributed by atoms with van der Waals surface area (Å²) in [4.78, 5) is 20.1. The van der Waals surface area contributed by atoms with E-state index in [9.17, 15) is 4.79 Å². The predicted molar refractivity (Wildman–Crippen MR) is 175 cm³/mol. The normalized spacial score (nSPS) is 21.3. The molecule has 228 valence electrons. The van der Waals surface area contributed by atoms with E-state index < -0.39 is 0 Å². The van der Waals surface area contributed by atoms with Gasteiger partial charge in [0.05, 0.1) is 19.2 Å². The van der Waals surface area contributed by atoms with Crippen molar-refractivity contribution in [2.75, 3.05) is 32.1 Å². The van der Waals surface area contributed by atoms with Gasteiger partial charge in [-0.05, 0) is 103 Å². The van der Waals surface area contributed by atoms with Crippen molar-refractivity contribution in [3.63, 3.8) is 0 Å². The highest BCUT2D eigenvalue weighted by molar-refractivity contribution is 5.91. The van der Waals surface area contributed by atoms with Crippen LogP contribution >= 0.6 is 0 Å². The quantitative estimate of drug-likeness (QED) is 0.203. The van der Waals surface area contributed by atoms with Gasteiger partial charge in [-0.25, -0.2) is 4.79 Å². The Morgan fingerprint density at radius 3 is 2.57 bits per heavy atom. The van der Waals surface area contributed by atoms with Gasteiger partial charge in [0.2, 0.25) is 0 Å². The molecule has 2 aliphatic carbocycles. The van der Waals surface area contributed by atoms with Crippen LogP contribution in [-0.4, -0.2) is 48.8 Å². The van der Waals surface area contributed by atoms with Crippen LogP contribution < -0.4 is 20.1 Å². The highest BCUT2D eigenvalue weighted by Crippen LogP contribution is 2.57. The Morgan fingerprint density at radius 1 is 0.955 bits per heavy atom. The van der Waals surface area contributed by atoms with Crippen LogP contribution in [0.3, 0.4) is 0 Å². The maximum Gasteiger partial charge on any atom is 0.319 e. The van der Waals surface area contributed by atoms with Gasteiger partial charge >= 0.3 is 6.03 Å². The second kappa shape index (κ2) is 12.1. The Labute approximate surface area is 260 Å². The molecule has 0 radical (unpaired) electrons. The van der Waals surface area contributed by atoms with E-state index in [0.717, 1.165) is 72.7 Å². The van der Waals surface area contributed by atoms with Crippen LogP contribution in [0.5, 0.6) is 11.5 Å². The molecule has 7 nitrogen and oxygen atoms in total. The smallest absolute Gasteiger partial charge is 0.319 e. The maximum absolute atomic E-state index is 13.0. The van der Waals surface area contributed by atoms with E-state index in [1.165, 1.54) is 35.1 Å². The molecule has 0 bridgehead atoms. The third kappa shape index (κ3) is 6.11. The van der Waals surface area contributed by atoms with Gasteiger partial charge in [-0.3, -0.25) is 9.88 Å². The summed E-state index contributed by atoms with van der Waals surface area (Å²) >= 11 is 0. The molecular formula is C37H42N4O3. The second-order valence-electron chi connectivity index (χ2n) is 12.9. The molecule has 44 heavy (non-hydrogen) atoms.